The molecule has 4 aliphatic rings. The molecule has 9 atom stereocenters. The van der Waals surface area contributed by atoms with E-state index in [4.69, 9.17) is 0 Å². The van der Waals surface area contributed by atoms with Crippen LogP contribution in [-0.4, -0.2) is 17.4 Å². The first-order valence-corrected chi connectivity index (χ1v) is 10.2. The average molecular weight is 323 g/mol. The Labute approximate surface area is 141 Å². The molecule has 0 heterocycles. The van der Waals surface area contributed by atoms with Crippen molar-refractivity contribution in [2.24, 2.45) is 40.4 Å². The number of hydrogen-bond acceptors (Lipinski definition) is 1. The maximum atomic E-state index is 13.9. The van der Waals surface area contributed by atoms with Crippen molar-refractivity contribution in [3.63, 3.8) is 0 Å². The number of fused-ring (bicyclic) bond motifs is 5. The molecule has 0 radical (unpaired) electrons. The van der Waals surface area contributed by atoms with E-state index in [1.165, 1.54) is 38.5 Å². The summed E-state index contributed by atoms with van der Waals surface area (Å²) < 4.78 is 13.9. The molecule has 0 amide bonds. The summed E-state index contributed by atoms with van der Waals surface area (Å²) in [4.78, 5) is 0. The monoisotopic (exact) mass is 322 g/mol. The summed E-state index contributed by atoms with van der Waals surface area (Å²) in [5.41, 5.74) is 0.756. The minimum absolute atomic E-state index is 0.157. The summed E-state index contributed by atoms with van der Waals surface area (Å²) in [5.74, 6) is 3.60. The van der Waals surface area contributed by atoms with Gasteiger partial charge < -0.3 is 5.11 Å². The van der Waals surface area contributed by atoms with E-state index in [0.717, 1.165) is 37.0 Å². The first-order chi connectivity index (χ1) is 10.9. The Morgan fingerprint density at radius 1 is 0.913 bits per heavy atom. The normalized spacial score (nSPS) is 57.3. The minimum Gasteiger partial charge on any atom is -0.393 e. The van der Waals surface area contributed by atoms with Gasteiger partial charge in [-0.25, -0.2) is 4.39 Å². The lowest BCUT2D eigenvalue weighted by Crippen LogP contribution is -2.54. The van der Waals surface area contributed by atoms with Crippen LogP contribution in [0.4, 0.5) is 4.39 Å². The van der Waals surface area contributed by atoms with Gasteiger partial charge in [0, 0.05) is 0 Å². The molecule has 0 aromatic rings. The van der Waals surface area contributed by atoms with Gasteiger partial charge >= 0.3 is 0 Å². The highest BCUT2D eigenvalue weighted by molar-refractivity contribution is 5.09. The highest BCUT2D eigenvalue weighted by Crippen LogP contribution is 2.67. The Balaban J connectivity index is 1.60. The SMILES string of the molecule is C[C@H](O)[C@H]1CCC2C3CC[C@@H]4C[C@@H](F)CC[C@]4(C)C3CC[C@@]21C. The van der Waals surface area contributed by atoms with Crippen LogP contribution < -0.4 is 0 Å². The lowest BCUT2D eigenvalue weighted by molar-refractivity contribution is -0.126. The van der Waals surface area contributed by atoms with Crippen LogP contribution in [0.3, 0.4) is 0 Å². The molecule has 0 bridgehead atoms. The van der Waals surface area contributed by atoms with E-state index in [1.807, 2.05) is 6.92 Å². The Hall–Kier alpha value is -0.110. The van der Waals surface area contributed by atoms with Crippen molar-refractivity contribution in [2.75, 3.05) is 0 Å². The molecule has 0 spiro atoms. The Morgan fingerprint density at radius 2 is 1.61 bits per heavy atom. The fourth-order valence-corrected chi connectivity index (χ4v) is 8.04. The van der Waals surface area contributed by atoms with E-state index in [0.29, 0.717) is 22.7 Å². The lowest BCUT2D eigenvalue weighted by Gasteiger charge is -2.61. The number of aliphatic hydroxyl groups excluding tert-OH is 1. The third-order valence-electron chi connectivity index (χ3n) is 9.26. The summed E-state index contributed by atoms with van der Waals surface area (Å²) in [6.07, 6.45) is 9.78. The standard InChI is InChI=1S/C21H35FO/c1-13(23)17-6-7-18-16-5-4-14-12-15(22)8-10-20(14,2)19(16)9-11-21(17,18)3/h13-19,23H,4-12H2,1-3H3/t13-,14+,15-,16?,17+,18?,19?,20-,21+/m0/s1. The van der Waals surface area contributed by atoms with Gasteiger partial charge in [-0.05, 0) is 105 Å². The van der Waals surface area contributed by atoms with Gasteiger partial charge in [0.15, 0.2) is 0 Å². The van der Waals surface area contributed by atoms with Gasteiger partial charge in [0.2, 0.25) is 0 Å². The highest BCUT2D eigenvalue weighted by atomic mass is 19.1. The van der Waals surface area contributed by atoms with Crippen LogP contribution in [0.25, 0.3) is 0 Å². The quantitative estimate of drug-likeness (QED) is 0.688. The molecule has 1 nitrogen and oxygen atoms in total. The number of halogens is 1. The summed E-state index contributed by atoms with van der Waals surface area (Å²) in [5, 5.41) is 10.3. The molecule has 0 aliphatic heterocycles. The molecular formula is C21H35FO. The number of aliphatic hydroxyl groups is 1. The summed E-state index contributed by atoms with van der Waals surface area (Å²) in [6, 6.07) is 0. The van der Waals surface area contributed by atoms with Crippen LogP contribution in [0.2, 0.25) is 0 Å². The van der Waals surface area contributed by atoms with Crippen LogP contribution >= 0.6 is 0 Å². The van der Waals surface area contributed by atoms with Crippen LogP contribution in [-0.2, 0) is 0 Å². The number of hydrogen-bond donors (Lipinski definition) is 1. The molecule has 4 saturated carbocycles. The molecule has 0 saturated heterocycles. The number of rotatable bonds is 1. The van der Waals surface area contributed by atoms with Crippen molar-refractivity contribution in [1.82, 2.24) is 0 Å². The molecule has 1 N–H and O–H groups in total. The van der Waals surface area contributed by atoms with Gasteiger partial charge in [-0.1, -0.05) is 13.8 Å². The van der Waals surface area contributed by atoms with E-state index in [1.54, 1.807) is 0 Å². The molecule has 2 heteroatoms. The zero-order valence-electron chi connectivity index (χ0n) is 15.2. The van der Waals surface area contributed by atoms with E-state index < -0.39 is 6.17 Å². The van der Waals surface area contributed by atoms with Crippen molar-refractivity contribution in [3.8, 4) is 0 Å². The van der Waals surface area contributed by atoms with Crippen LogP contribution in [0.1, 0.15) is 78.6 Å². The fraction of sp³-hybridized carbons (Fsp3) is 1.00. The van der Waals surface area contributed by atoms with Gasteiger partial charge in [-0.15, -0.1) is 0 Å². The molecule has 132 valence electrons. The first kappa shape index (κ1) is 16.4. The predicted octanol–water partition coefficient (Wildman–Crippen LogP) is 5.36. The smallest absolute Gasteiger partial charge is 0.100 e. The van der Waals surface area contributed by atoms with Crippen LogP contribution in [0, 0.1) is 40.4 Å². The molecule has 0 aromatic heterocycles. The van der Waals surface area contributed by atoms with Gasteiger partial charge in [-0.3, -0.25) is 0 Å². The second-order valence-corrected chi connectivity index (χ2v) is 10.00. The molecule has 0 aromatic carbocycles. The molecule has 4 fully saturated rings. The maximum absolute atomic E-state index is 13.9. The molecule has 4 aliphatic carbocycles. The van der Waals surface area contributed by atoms with E-state index in [9.17, 15) is 9.50 Å². The number of alkyl halides is 1. The van der Waals surface area contributed by atoms with Crippen molar-refractivity contribution >= 4 is 0 Å². The average Bonchev–Trinajstić information content (AvgIpc) is 2.85. The Kier molecular flexibility index (Phi) is 3.87. The molecule has 23 heavy (non-hydrogen) atoms. The molecular weight excluding hydrogens is 287 g/mol. The van der Waals surface area contributed by atoms with Gasteiger partial charge in [0.1, 0.15) is 6.17 Å². The fourth-order valence-electron chi connectivity index (χ4n) is 8.04. The van der Waals surface area contributed by atoms with Gasteiger partial charge in [0.05, 0.1) is 6.10 Å². The van der Waals surface area contributed by atoms with E-state index in [2.05, 4.69) is 13.8 Å². The highest BCUT2D eigenvalue weighted by Gasteiger charge is 2.60. The largest absolute Gasteiger partial charge is 0.393 e. The van der Waals surface area contributed by atoms with Gasteiger partial charge in [0.25, 0.3) is 0 Å². The van der Waals surface area contributed by atoms with E-state index >= 15 is 0 Å². The summed E-state index contributed by atoms with van der Waals surface area (Å²) >= 11 is 0. The summed E-state index contributed by atoms with van der Waals surface area (Å²) in [6.45, 7) is 6.99. The van der Waals surface area contributed by atoms with Gasteiger partial charge in [-0.2, -0.15) is 0 Å². The Morgan fingerprint density at radius 3 is 2.35 bits per heavy atom. The molecule has 4 rings (SSSR count). The minimum atomic E-state index is -0.537. The van der Waals surface area contributed by atoms with Crippen molar-refractivity contribution in [2.45, 2.75) is 90.8 Å². The zero-order chi connectivity index (χ0) is 16.4. The van der Waals surface area contributed by atoms with Crippen molar-refractivity contribution in [3.05, 3.63) is 0 Å². The maximum Gasteiger partial charge on any atom is 0.100 e. The first-order valence-electron chi connectivity index (χ1n) is 10.2. The third-order valence-corrected chi connectivity index (χ3v) is 9.26. The topological polar surface area (TPSA) is 20.2 Å². The predicted molar refractivity (Wildman–Crippen MR) is 91.8 cm³/mol. The molecule has 3 unspecified atom stereocenters. The second kappa shape index (κ2) is 5.44. The van der Waals surface area contributed by atoms with Crippen LogP contribution in [0.15, 0.2) is 0 Å². The van der Waals surface area contributed by atoms with Crippen molar-refractivity contribution < 1.29 is 9.50 Å². The zero-order valence-corrected chi connectivity index (χ0v) is 15.2. The Bertz CT molecular complexity index is 463. The third kappa shape index (κ3) is 2.26. The summed E-state index contributed by atoms with van der Waals surface area (Å²) in [7, 11) is 0. The van der Waals surface area contributed by atoms with Crippen molar-refractivity contribution in [1.29, 1.82) is 0 Å². The second-order valence-electron chi connectivity index (χ2n) is 10.00. The lowest BCUT2D eigenvalue weighted by atomic mass is 9.44. The van der Waals surface area contributed by atoms with Crippen LogP contribution in [0.5, 0.6) is 0 Å². The van der Waals surface area contributed by atoms with E-state index in [-0.39, 0.29) is 6.10 Å².